The number of benzene rings is 1. The Morgan fingerprint density at radius 3 is 2.75 bits per heavy atom. The minimum Gasteiger partial charge on any atom is -0.396 e. The summed E-state index contributed by atoms with van der Waals surface area (Å²) in [5.41, 5.74) is 1.49. The van der Waals surface area contributed by atoms with E-state index >= 15 is 0 Å². The van der Waals surface area contributed by atoms with Crippen LogP contribution < -0.4 is 5.32 Å². The third kappa shape index (κ3) is 3.69. The van der Waals surface area contributed by atoms with Crippen LogP contribution in [0.15, 0.2) is 30.3 Å². The van der Waals surface area contributed by atoms with Gasteiger partial charge in [-0.15, -0.1) is 0 Å². The highest BCUT2D eigenvalue weighted by Gasteiger charge is 2.04. The number of unbranched alkanes of at least 4 members (excludes halogenated alkanes) is 3. The normalized spacial score (nSPS) is 10.4. The van der Waals surface area contributed by atoms with E-state index in [1.165, 1.54) is 0 Å². The Morgan fingerprint density at radius 2 is 1.95 bits per heavy atom. The SMILES string of the molecule is N#Cc1cc(NCCCCCCO)nc2ccccc12. The number of pyridine rings is 1. The van der Waals surface area contributed by atoms with Gasteiger partial charge in [0, 0.05) is 18.5 Å². The second-order valence-electron chi connectivity index (χ2n) is 4.75. The molecular weight excluding hydrogens is 250 g/mol. The first-order chi connectivity index (χ1) is 9.85. The lowest BCUT2D eigenvalue weighted by atomic mass is 10.1. The van der Waals surface area contributed by atoms with Crippen LogP contribution in [-0.4, -0.2) is 23.2 Å². The third-order valence-corrected chi connectivity index (χ3v) is 3.23. The highest BCUT2D eigenvalue weighted by Crippen LogP contribution is 2.19. The number of aliphatic hydroxyl groups is 1. The van der Waals surface area contributed by atoms with E-state index in [2.05, 4.69) is 16.4 Å². The lowest BCUT2D eigenvalue weighted by Crippen LogP contribution is -2.04. The summed E-state index contributed by atoms with van der Waals surface area (Å²) < 4.78 is 0. The maximum absolute atomic E-state index is 9.20. The van der Waals surface area contributed by atoms with Crippen molar-refractivity contribution in [1.29, 1.82) is 5.26 Å². The van der Waals surface area contributed by atoms with Crippen LogP contribution in [0.3, 0.4) is 0 Å². The van der Waals surface area contributed by atoms with E-state index in [0.717, 1.165) is 48.9 Å². The first kappa shape index (κ1) is 14.3. The summed E-state index contributed by atoms with van der Waals surface area (Å²) in [5, 5.41) is 22.1. The maximum Gasteiger partial charge on any atom is 0.127 e. The molecule has 0 saturated carbocycles. The van der Waals surface area contributed by atoms with Gasteiger partial charge in [0.25, 0.3) is 0 Å². The van der Waals surface area contributed by atoms with Gasteiger partial charge in [0.15, 0.2) is 0 Å². The molecule has 1 aromatic heterocycles. The number of aromatic nitrogens is 1. The van der Waals surface area contributed by atoms with Crippen LogP contribution >= 0.6 is 0 Å². The first-order valence-electron chi connectivity index (χ1n) is 7.00. The number of anilines is 1. The number of nitrogens with zero attached hydrogens (tertiary/aromatic N) is 2. The molecule has 1 aromatic carbocycles. The van der Waals surface area contributed by atoms with Gasteiger partial charge >= 0.3 is 0 Å². The lowest BCUT2D eigenvalue weighted by molar-refractivity contribution is 0.283. The molecule has 0 atom stereocenters. The number of hydrogen-bond donors (Lipinski definition) is 2. The van der Waals surface area contributed by atoms with E-state index < -0.39 is 0 Å². The minimum absolute atomic E-state index is 0.269. The van der Waals surface area contributed by atoms with Gasteiger partial charge in [0.2, 0.25) is 0 Å². The van der Waals surface area contributed by atoms with Crippen LogP contribution in [0, 0.1) is 11.3 Å². The molecule has 104 valence electrons. The van der Waals surface area contributed by atoms with Gasteiger partial charge in [-0.1, -0.05) is 31.0 Å². The molecule has 2 aromatic rings. The van der Waals surface area contributed by atoms with Crippen LogP contribution in [0.4, 0.5) is 5.82 Å². The Labute approximate surface area is 119 Å². The van der Waals surface area contributed by atoms with E-state index in [0.29, 0.717) is 5.56 Å². The topological polar surface area (TPSA) is 68.9 Å². The predicted molar refractivity (Wildman–Crippen MR) is 80.5 cm³/mol. The number of rotatable bonds is 7. The highest BCUT2D eigenvalue weighted by molar-refractivity contribution is 5.86. The van der Waals surface area contributed by atoms with E-state index in [1.807, 2.05) is 24.3 Å². The molecule has 4 heteroatoms. The van der Waals surface area contributed by atoms with Crippen molar-refractivity contribution >= 4 is 16.7 Å². The Hall–Kier alpha value is -2.12. The molecule has 0 aliphatic rings. The molecule has 2 rings (SSSR count). The first-order valence-corrected chi connectivity index (χ1v) is 7.00. The molecule has 4 nitrogen and oxygen atoms in total. The summed E-state index contributed by atoms with van der Waals surface area (Å²) in [5.74, 6) is 0.752. The Bertz CT molecular complexity index is 604. The number of aliphatic hydroxyl groups excluding tert-OH is 1. The van der Waals surface area contributed by atoms with Crippen molar-refractivity contribution in [2.45, 2.75) is 25.7 Å². The summed E-state index contributed by atoms with van der Waals surface area (Å²) in [6.45, 7) is 1.10. The molecule has 0 bridgehead atoms. The Balaban J connectivity index is 1.99. The zero-order valence-corrected chi connectivity index (χ0v) is 11.5. The van der Waals surface area contributed by atoms with Crippen molar-refractivity contribution in [2.24, 2.45) is 0 Å². The van der Waals surface area contributed by atoms with Gasteiger partial charge in [0.05, 0.1) is 17.1 Å². The van der Waals surface area contributed by atoms with Crippen molar-refractivity contribution in [3.63, 3.8) is 0 Å². The molecule has 20 heavy (non-hydrogen) atoms. The molecule has 0 aliphatic carbocycles. The summed E-state index contributed by atoms with van der Waals surface area (Å²) in [7, 11) is 0. The zero-order valence-electron chi connectivity index (χ0n) is 11.5. The largest absolute Gasteiger partial charge is 0.396 e. The van der Waals surface area contributed by atoms with Gasteiger partial charge in [-0.3, -0.25) is 0 Å². The molecule has 2 N–H and O–H groups in total. The highest BCUT2D eigenvalue weighted by atomic mass is 16.2. The fourth-order valence-corrected chi connectivity index (χ4v) is 2.17. The molecule has 0 amide bonds. The smallest absolute Gasteiger partial charge is 0.127 e. The van der Waals surface area contributed by atoms with Gasteiger partial charge < -0.3 is 10.4 Å². The number of para-hydroxylation sites is 1. The second kappa shape index (κ2) is 7.46. The average molecular weight is 269 g/mol. The van der Waals surface area contributed by atoms with E-state index in [1.54, 1.807) is 6.07 Å². The van der Waals surface area contributed by atoms with Gasteiger partial charge in [-0.25, -0.2) is 4.98 Å². The fraction of sp³-hybridized carbons (Fsp3) is 0.375. The van der Waals surface area contributed by atoms with Crippen molar-refractivity contribution in [3.05, 3.63) is 35.9 Å². The molecule has 0 unspecified atom stereocenters. The predicted octanol–water partition coefficient (Wildman–Crippen LogP) is 3.07. The lowest BCUT2D eigenvalue weighted by Gasteiger charge is -2.08. The summed E-state index contributed by atoms with van der Waals surface area (Å²) in [4.78, 5) is 4.52. The minimum atomic E-state index is 0.269. The average Bonchev–Trinajstić information content (AvgIpc) is 2.50. The van der Waals surface area contributed by atoms with Crippen LogP contribution in [0.25, 0.3) is 10.9 Å². The summed E-state index contributed by atoms with van der Waals surface area (Å²) >= 11 is 0. The monoisotopic (exact) mass is 269 g/mol. The fourth-order valence-electron chi connectivity index (χ4n) is 2.17. The summed E-state index contributed by atoms with van der Waals surface area (Å²) in [6.07, 6.45) is 4.04. The number of hydrogen-bond acceptors (Lipinski definition) is 4. The van der Waals surface area contributed by atoms with Crippen molar-refractivity contribution < 1.29 is 5.11 Å². The quantitative estimate of drug-likeness (QED) is 0.758. The van der Waals surface area contributed by atoms with E-state index in [4.69, 9.17) is 5.11 Å². The molecule has 0 saturated heterocycles. The van der Waals surface area contributed by atoms with Crippen molar-refractivity contribution in [1.82, 2.24) is 4.98 Å². The molecule has 0 radical (unpaired) electrons. The van der Waals surface area contributed by atoms with Crippen molar-refractivity contribution in [2.75, 3.05) is 18.5 Å². The third-order valence-electron chi connectivity index (χ3n) is 3.23. The van der Waals surface area contributed by atoms with Crippen LogP contribution in [0.5, 0.6) is 0 Å². The van der Waals surface area contributed by atoms with Gasteiger partial charge in [0.1, 0.15) is 5.82 Å². The van der Waals surface area contributed by atoms with Crippen LogP contribution in [0.2, 0.25) is 0 Å². The Morgan fingerprint density at radius 1 is 1.15 bits per heavy atom. The van der Waals surface area contributed by atoms with E-state index in [-0.39, 0.29) is 6.61 Å². The maximum atomic E-state index is 9.20. The Kier molecular flexibility index (Phi) is 5.33. The van der Waals surface area contributed by atoms with Crippen molar-refractivity contribution in [3.8, 4) is 6.07 Å². The molecular formula is C16H19N3O. The molecule has 0 aliphatic heterocycles. The molecule has 0 fully saturated rings. The van der Waals surface area contributed by atoms with Gasteiger partial charge in [-0.05, 0) is 25.0 Å². The number of fused-ring (bicyclic) bond motifs is 1. The second-order valence-corrected chi connectivity index (χ2v) is 4.75. The molecule has 1 heterocycles. The standard InChI is InChI=1S/C16H19N3O/c17-12-13-11-16(18-9-5-1-2-6-10-20)19-15-8-4-3-7-14(13)15/h3-4,7-8,11,20H,1-2,5-6,9-10H2,(H,18,19). The molecule has 0 spiro atoms. The van der Waals surface area contributed by atoms with Crippen LogP contribution in [-0.2, 0) is 0 Å². The van der Waals surface area contributed by atoms with Crippen LogP contribution in [0.1, 0.15) is 31.2 Å². The number of nitriles is 1. The number of nitrogens with one attached hydrogen (secondary N) is 1. The van der Waals surface area contributed by atoms with E-state index in [9.17, 15) is 5.26 Å². The van der Waals surface area contributed by atoms with Gasteiger partial charge in [-0.2, -0.15) is 5.26 Å². The summed E-state index contributed by atoms with van der Waals surface area (Å²) in [6, 6.07) is 11.7. The zero-order chi connectivity index (χ0) is 14.2.